The Morgan fingerprint density at radius 3 is 2.79 bits per heavy atom. The van der Waals surface area contributed by atoms with E-state index in [2.05, 4.69) is 35.2 Å². The van der Waals surface area contributed by atoms with Crippen LogP contribution < -0.4 is 10.1 Å². The second-order valence-electron chi connectivity index (χ2n) is 4.54. The second kappa shape index (κ2) is 6.18. The summed E-state index contributed by atoms with van der Waals surface area (Å²) in [6.07, 6.45) is 4.37. The van der Waals surface area contributed by atoms with Crippen molar-refractivity contribution in [2.45, 2.75) is 27.2 Å². The Hall–Kier alpha value is -2.10. The fourth-order valence-corrected chi connectivity index (χ4v) is 1.76. The minimum Gasteiger partial charge on any atom is -0.437 e. The highest BCUT2D eigenvalue weighted by atomic mass is 16.5. The Morgan fingerprint density at radius 2 is 2.05 bits per heavy atom. The number of ether oxygens (including phenoxy) is 1. The van der Waals surface area contributed by atoms with Gasteiger partial charge in [0.1, 0.15) is 11.6 Å². The van der Waals surface area contributed by atoms with Gasteiger partial charge in [-0.25, -0.2) is 0 Å². The van der Waals surface area contributed by atoms with Crippen LogP contribution in [-0.2, 0) is 0 Å². The maximum Gasteiger partial charge on any atom is 0.239 e. The lowest BCUT2D eigenvalue weighted by atomic mass is 10.1. The van der Waals surface area contributed by atoms with Crippen molar-refractivity contribution >= 4 is 5.82 Å². The van der Waals surface area contributed by atoms with Gasteiger partial charge in [0.25, 0.3) is 0 Å². The van der Waals surface area contributed by atoms with Gasteiger partial charge in [-0.05, 0) is 31.9 Å². The Balaban J connectivity index is 2.14. The topological polar surface area (TPSA) is 47.0 Å². The molecule has 0 saturated heterocycles. The van der Waals surface area contributed by atoms with Crippen LogP contribution >= 0.6 is 0 Å². The third-order valence-corrected chi connectivity index (χ3v) is 2.71. The van der Waals surface area contributed by atoms with Crippen molar-refractivity contribution in [2.75, 3.05) is 11.9 Å². The van der Waals surface area contributed by atoms with Gasteiger partial charge in [0.15, 0.2) is 0 Å². The first kappa shape index (κ1) is 13.3. The number of hydrogen-bond donors (Lipinski definition) is 1. The molecule has 0 bridgehead atoms. The molecule has 4 nitrogen and oxygen atoms in total. The summed E-state index contributed by atoms with van der Waals surface area (Å²) in [5.41, 5.74) is 2.31. The van der Waals surface area contributed by atoms with E-state index in [0.29, 0.717) is 5.88 Å². The minimum absolute atomic E-state index is 0.507. The van der Waals surface area contributed by atoms with Gasteiger partial charge in [0.2, 0.25) is 5.88 Å². The van der Waals surface area contributed by atoms with Crippen LogP contribution in [0.3, 0.4) is 0 Å². The smallest absolute Gasteiger partial charge is 0.239 e. The lowest BCUT2D eigenvalue weighted by Crippen LogP contribution is -2.03. The summed E-state index contributed by atoms with van der Waals surface area (Å²) in [6.45, 7) is 7.07. The number of nitrogens with one attached hydrogen (secondary N) is 1. The number of nitrogens with zero attached hydrogens (tertiary/aromatic N) is 2. The molecule has 1 aromatic heterocycles. The van der Waals surface area contributed by atoms with E-state index >= 15 is 0 Å². The molecule has 4 heteroatoms. The summed E-state index contributed by atoms with van der Waals surface area (Å²) < 4.78 is 5.77. The number of aromatic nitrogens is 2. The summed E-state index contributed by atoms with van der Waals surface area (Å²) in [7, 11) is 0. The molecule has 100 valence electrons. The SMILES string of the molecule is CCCNc1cncc(Oc2ccc(C)cc2C)n1. The summed E-state index contributed by atoms with van der Waals surface area (Å²) in [5, 5.41) is 3.19. The Bertz CT molecular complexity index is 555. The zero-order valence-electron chi connectivity index (χ0n) is 11.6. The zero-order valence-corrected chi connectivity index (χ0v) is 11.6. The third kappa shape index (κ3) is 3.68. The fraction of sp³-hybridized carbons (Fsp3) is 0.333. The first-order valence-electron chi connectivity index (χ1n) is 6.50. The van der Waals surface area contributed by atoms with Crippen LogP contribution in [0.5, 0.6) is 11.6 Å². The van der Waals surface area contributed by atoms with Crippen LogP contribution in [0.4, 0.5) is 5.82 Å². The summed E-state index contributed by atoms with van der Waals surface area (Å²) >= 11 is 0. The molecule has 0 aliphatic carbocycles. The highest BCUT2D eigenvalue weighted by molar-refractivity contribution is 5.39. The molecule has 0 atom stereocenters. The van der Waals surface area contributed by atoms with E-state index < -0.39 is 0 Å². The van der Waals surface area contributed by atoms with E-state index in [0.717, 1.165) is 30.1 Å². The zero-order chi connectivity index (χ0) is 13.7. The molecule has 0 aliphatic rings. The van der Waals surface area contributed by atoms with Gasteiger partial charge >= 0.3 is 0 Å². The predicted octanol–water partition coefficient (Wildman–Crippen LogP) is 3.71. The molecule has 0 radical (unpaired) electrons. The van der Waals surface area contributed by atoms with Crippen LogP contribution in [0.1, 0.15) is 24.5 Å². The van der Waals surface area contributed by atoms with Crippen LogP contribution in [0.25, 0.3) is 0 Å². The Kier molecular flexibility index (Phi) is 4.34. The summed E-state index contributed by atoms with van der Waals surface area (Å²) in [6, 6.07) is 6.06. The van der Waals surface area contributed by atoms with E-state index in [9.17, 15) is 0 Å². The van der Waals surface area contributed by atoms with E-state index in [1.807, 2.05) is 19.1 Å². The fourth-order valence-electron chi connectivity index (χ4n) is 1.76. The van der Waals surface area contributed by atoms with E-state index in [4.69, 9.17) is 4.74 Å². The Morgan fingerprint density at radius 1 is 1.21 bits per heavy atom. The Labute approximate surface area is 113 Å². The number of anilines is 1. The third-order valence-electron chi connectivity index (χ3n) is 2.71. The standard InChI is InChI=1S/C15H19N3O/c1-4-7-17-14-9-16-10-15(18-14)19-13-6-5-11(2)8-12(13)3/h5-6,8-10H,4,7H2,1-3H3,(H,17,18). The molecule has 19 heavy (non-hydrogen) atoms. The van der Waals surface area contributed by atoms with Crippen LogP contribution in [-0.4, -0.2) is 16.5 Å². The highest BCUT2D eigenvalue weighted by Crippen LogP contribution is 2.24. The summed E-state index contributed by atoms with van der Waals surface area (Å²) in [4.78, 5) is 8.50. The van der Waals surface area contributed by atoms with Gasteiger partial charge in [0.05, 0.1) is 12.4 Å². The molecule has 0 unspecified atom stereocenters. The monoisotopic (exact) mass is 257 g/mol. The molecule has 1 N–H and O–H groups in total. The van der Waals surface area contributed by atoms with Gasteiger partial charge in [-0.3, -0.25) is 4.98 Å². The summed E-state index contributed by atoms with van der Waals surface area (Å²) in [5.74, 6) is 2.06. The first-order valence-corrected chi connectivity index (χ1v) is 6.50. The molecule has 0 fully saturated rings. The highest BCUT2D eigenvalue weighted by Gasteiger charge is 2.04. The van der Waals surface area contributed by atoms with Gasteiger partial charge in [0, 0.05) is 6.54 Å². The van der Waals surface area contributed by atoms with Crippen molar-refractivity contribution in [2.24, 2.45) is 0 Å². The van der Waals surface area contributed by atoms with Gasteiger partial charge in [-0.2, -0.15) is 4.98 Å². The van der Waals surface area contributed by atoms with Crippen LogP contribution in [0, 0.1) is 13.8 Å². The molecule has 1 heterocycles. The quantitative estimate of drug-likeness (QED) is 0.887. The molecule has 2 rings (SSSR count). The van der Waals surface area contributed by atoms with E-state index in [-0.39, 0.29) is 0 Å². The van der Waals surface area contributed by atoms with E-state index in [1.165, 1.54) is 5.56 Å². The molecule has 0 aliphatic heterocycles. The van der Waals surface area contributed by atoms with Crippen molar-refractivity contribution < 1.29 is 4.74 Å². The largest absolute Gasteiger partial charge is 0.437 e. The molecule has 1 aromatic carbocycles. The maximum atomic E-state index is 5.77. The number of rotatable bonds is 5. The number of hydrogen-bond acceptors (Lipinski definition) is 4. The lowest BCUT2D eigenvalue weighted by molar-refractivity contribution is 0.457. The normalized spacial score (nSPS) is 10.3. The molecule has 0 spiro atoms. The van der Waals surface area contributed by atoms with Gasteiger partial charge < -0.3 is 10.1 Å². The predicted molar refractivity (Wildman–Crippen MR) is 76.8 cm³/mol. The van der Waals surface area contributed by atoms with Crippen LogP contribution in [0.15, 0.2) is 30.6 Å². The maximum absolute atomic E-state index is 5.77. The number of aryl methyl sites for hydroxylation is 2. The molecular formula is C15H19N3O. The average molecular weight is 257 g/mol. The average Bonchev–Trinajstić information content (AvgIpc) is 2.40. The minimum atomic E-state index is 0.507. The molecular weight excluding hydrogens is 238 g/mol. The second-order valence-corrected chi connectivity index (χ2v) is 4.54. The first-order chi connectivity index (χ1) is 9.19. The van der Waals surface area contributed by atoms with E-state index in [1.54, 1.807) is 12.4 Å². The number of benzene rings is 1. The van der Waals surface area contributed by atoms with Gasteiger partial charge in [-0.15, -0.1) is 0 Å². The van der Waals surface area contributed by atoms with Crippen molar-refractivity contribution in [3.63, 3.8) is 0 Å². The van der Waals surface area contributed by atoms with Gasteiger partial charge in [-0.1, -0.05) is 24.6 Å². The van der Waals surface area contributed by atoms with Crippen molar-refractivity contribution in [3.05, 3.63) is 41.7 Å². The molecule has 0 saturated carbocycles. The van der Waals surface area contributed by atoms with Crippen molar-refractivity contribution in [3.8, 4) is 11.6 Å². The molecule has 2 aromatic rings. The lowest BCUT2D eigenvalue weighted by Gasteiger charge is -2.09. The molecule has 0 amide bonds. The van der Waals surface area contributed by atoms with Crippen LogP contribution in [0.2, 0.25) is 0 Å². The van der Waals surface area contributed by atoms with Crippen molar-refractivity contribution in [1.82, 2.24) is 9.97 Å². The van der Waals surface area contributed by atoms with Crippen molar-refractivity contribution in [1.29, 1.82) is 0 Å².